The normalized spacial score (nSPS) is 21.1. The van der Waals surface area contributed by atoms with Gasteiger partial charge in [-0.15, -0.1) is 0 Å². The van der Waals surface area contributed by atoms with Crippen LogP contribution in [-0.2, 0) is 4.79 Å². The van der Waals surface area contributed by atoms with Crippen LogP contribution >= 0.6 is 0 Å². The average Bonchev–Trinajstić information content (AvgIpc) is 2.78. The minimum Gasteiger partial charge on any atom is -0.481 e. The third-order valence-electron chi connectivity index (χ3n) is 2.38. The van der Waals surface area contributed by atoms with Gasteiger partial charge < -0.3 is 15.5 Å². The van der Waals surface area contributed by atoms with Crippen molar-refractivity contribution >= 4 is 5.97 Å². The molecule has 1 aliphatic rings. The van der Waals surface area contributed by atoms with Gasteiger partial charge in [-0.25, -0.2) is 0 Å². The SMILES string of the molecule is O=C(O)CC(O)CNC1(C(F)(F)F)CC1. The van der Waals surface area contributed by atoms with Crippen molar-refractivity contribution in [3.8, 4) is 0 Å². The maximum Gasteiger partial charge on any atom is 0.406 e. The molecule has 0 aromatic heterocycles. The minimum absolute atomic E-state index is 0.0176. The fourth-order valence-corrected chi connectivity index (χ4v) is 1.27. The van der Waals surface area contributed by atoms with Crippen molar-refractivity contribution in [2.24, 2.45) is 0 Å². The molecule has 1 aliphatic carbocycles. The lowest BCUT2D eigenvalue weighted by molar-refractivity contribution is -0.166. The molecule has 88 valence electrons. The van der Waals surface area contributed by atoms with Crippen LogP contribution in [0.15, 0.2) is 0 Å². The van der Waals surface area contributed by atoms with E-state index in [0.29, 0.717) is 0 Å². The fourth-order valence-electron chi connectivity index (χ4n) is 1.27. The van der Waals surface area contributed by atoms with Crippen LogP contribution in [0.2, 0.25) is 0 Å². The molecule has 4 nitrogen and oxygen atoms in total. The molecule has 1 saturated carbocycles. The molecule has 1 atom stereocenters. The van der Waals surface area contributed by atoms with E-state index in [-0.39, 0.29) is 19.4 Å². The Morgan fingerprint density at radius 2 is 2.00 bits per heavy atom. The monoisotopic (exact) mass is 227 g/mol. The first-order chi connectivity index (χ1) is 6.77. The van der Waals surface area contributed by atoms with Crippen LogP contribution in [-0.4, -0.2) is 40.5 Å². The summed E-state index contributed by atoms with van der Waals surface area (Å²) in [6, 6.07) is 0. The zero-order chi connectivity index (χ0) is 11.7. The molecule has 0 aliphatic heterocycles. The Morgan fingerprint density at radius 3 is 2.33 bits per heavy atom. The molecule has 0 radical (unpaired) electrons. The lowest BCUT2D eigenvalue weighted by Crippen LogP contribution is -2.47. The van der Waals surface area contributed by atoms with Gasteiger partial charge in [-0.05, 0) is 12.8 Å². The van der Waals surface area contributed by atoms with E-state index >= 15 is 0 Å². The molecule has 0 amide bonds. The first-order valence-corrected chi connectivity index (χ1v) is 4.48. The summed E-state index contributed by atoms with van der Waals surface area (Å²) in [7, 11) is 0. The van der Waals surface area contributed by atoms with Crippen molar-refractivity contribution in [1.29, 1.82) is 0 Å². The van der Waals surface area contributed by atoms with Gasteiger partial charge in [-0.1, -0.05) is 0 Å². The minimum atomic E-state index is -4.34. The summed E-state index contributed by atoms with van der Waals surface area (Å²) in [5.41, 5.74) is -1.90. The number of aliphatic hydroxyl groups excluding tert-OH is 1. The van der Waals surface area contributed by atoms with Gasteiger partial charge in [0.25, 0.3) is 0 Å². The molecule has 15 heavy (non-hydrogen) atoms. The number of hydrogen-bond donors (Lipinski definition) is 3. The first kappa shape index (κ1) is 12.3. The van der Waals surface area contributed by atoms with Crippen molar-refractivity contribution in [1.82, 2.24) is 5.32 Å². The van der Waals surface area contributed by atoms with Gasteiger partial charge in [-0.3, -0.25) is 4.79 Å². The number of aliphatic hydroxyl groups is 1. The fraction of sp³-hybridized carbons (Fsp3) is 0.875. The largest absolute Gasteiger partial charge is 0.481 e. The van der Waals surface area contributed by atoms with Crippen LogP contribution in [0.1, 0.15) is 19.3 Å². The Hall–Kier alpha value is -0.820. The zero-order valence-corrected chi connectivity index (χ0v) is 7.84. The van der Waals surface area contributed by atoms with Crippen LogP contribution < -0.4 is 5.32 Å². The van der Waals surface area contributed by atoms with E-state index in [0.717, 1.165) is 0 Å². The summed E-state index contributed by atoms with van der Waals surface area (Å²) in [4.78, 5) is 10.1. The molecule has 0 aromatic rings. The van der Waals surface area contributed by atoms with Crippen LogP contribution in [0.3, 0.4) is 0 Å². The van der Waals surface area contributed by atoms with E-state index in [1.807, 2.05) is 0 Å². The lowest BCUT2D eigenvalue weighted by atomic mass is 10.2. The van der Waals surface area contributed by atoms with Gasteiger partial charge in [0.15, 0.2) is 0 Å². The number of alkyl halides is 3. The maximum absolute atomic E-state index is 12.3. The molecule has 1 rings (SSSR count). The van der Waals surface area contributed by atoms with Gasteiger partial charge in [0.05, 0.1) is 12.5 Å². The number of halogens is 3. The molecule has 1 unspecified atom stereocenters. The summed E-state index contributed by atoms with van der Waals surface area (Å²) >= 11 is 0. The third kappa shape index (κ3) is 3.07. The number of carboxylic acids is 1. The Kier molecular flexibility index (Phi) is 3.25. The van der Waals surface area contributed by atoms with Crippen LogP contribution in [0.5, 0.6) is 0 Å². The van der Waals surface area contributed by atoms with Gasteiger partial charge in [0, 0.05) is 6.54 Å². The number of carboxylic acid groups (broad SMARTS) is 1. The van der Waals surface area contributed by atoms with E-state index in [2.05, 4.69) is 5.32 Å². The van der Waals surface area contributed by atoms with E-state index in [4.69, 9.17) is 10.2 Å². The molecule has 0 bridgehead atoms. The maximum atomic E-state index is 12.3. The smallest absolute Gasteiger partial charge is 0.406 e. The van der Waals surface area contributed by atoms with Crippen LogP contribution in [0.4, 0.5) is 13.2 Å². The summed E-state index contributed by atoms with van der Waals surface area (Å²) < 4.78 is 37.0. The Labute approximate surface area is 84.1 Å². The number of rotatable bonds is 5. The molecule has 7 heteroatoms. The Bertz CT molecular complexity index is 250. The van der Waals surface area contributed by atoms with Crippen molar-refractivity contribution in [2.75, 3.05) is 6.54 Å². The highest BCUT2D eigenvalue weighted by molar-refractivity contribution is 5.67. The number of carbonyl (C=O) groups is 1. The highest BCUT2D eigenvalue weighted by atomic mass is 19.4. The van der Waals surface area contributed by atoms with E-state index in [9.17, 15) is 18.0 Å². The average molecular weight is 227 g/mol. The van der Waals surface area contributed by atoms with E-state index in [1.54, 1.807) is 0 Å². The Morgan fingerprint density at radius 1 is 1.47 bits per heavy atom. The van der Waals surface area contributed by atoms with E-state index < -0.39 is 30.2 Å². The van der Waals surface area contributed by atoms with Crippen molar-refractivity contribution in [2.45, 2.75) is 37.1 Å². The Balaban J connectivity index is 2.34. The second-order valence-corrected chi connectivity index (χ2v) is 3.71. The standard InChI is InChI=1S/C8H12F3NO3/c9-8(10,11)7(1-2-7)12-4-5(13)3-6(14)15/h5,12-13H,1-4H2,(H,14,15). The quantitative estimate of drug-likeness (QED) is 0.640. The van der Waals surface area contributed by atoms with Gasteiger partial charge in [-0.2, -0.15) is 13.2 Å². The van der Waals surface area contributed by atoms with Gasteiger partial charge in [0.2, 0.25) is 0 Å². The van der Waals surface area contributed by atoms with Crippen LogP contribution in [0.25, 0.3) is 0 Å². The summed E-state index contributed by atoms with van der Waals surface area (Å²) in [6.45, 7) is -0.355. The zero-order valence-electron chi connectivity index (χ0n) is 7.84. The number of hydrogen-bond acceptors (Lipinski definition) is 3. The summed E-state index contributed by atoms with van der Waals surface area (Å²) in [5, 5.41) is 19.5. The molecule has 1 fully saturated rings. The van der Waals surface area contributed by atoms with Crippen molar-refractivity contribution < 1.29 is 28.2 Å². The second kappa shape index (κ2) is 3.97. The van der Waals surface area contributed by atoms with Gasteiger partial charge >= 0.3 is 12.1 Å². The number of aliphatic carboxylic acids is 1. The predicted octanol–water partition coefficient (Wildman–Crippen LogP) is 0.507. The van der Waals surface area contributed by atoms with Crippen LogP contribution in [0, 0.1) is 0 Å². The highest BCUT2D eigenvalue weighted by Crippen LogP contribution is 2.48. The molecular weight excluding hydrogens is 215 g/mol. The molecule has 0 saturated heterocycles. The number of nitrogens with one attached hydrogen (secondary N) is 1. The van der Waals surface area contributed by atoms with Gasteiger partial charge in [0.1, 0.15) is 5.54 Å². The molecule has 0 aromatic carbocycles. The molecular formula is C8H12F3NO3. The van der Waals surface area contributed by atoms with Crippen molar-refractivity contribution in [3.63, 3.8) is 0 Å². The summed E-state index contributed by atoms with van der Waals surface area (Å²) in [6.07, 6.45) is -6.22. The number of β-amino-alcohol motifs (C(OH)–C–C–N with tert-alkyl or cyclic N) is 1. The van der Waals surface area contributed by atoms with Crippen molar-refractivity contribution in [3.05, 3.63) is 0 Å². The topological polar surface area (TPSA) is 69.6 Å². The second-order valence-electron chi connectivity index (χ2n) is 3.71. The lowest BCUT2D eigenvalue weighted by Gasteiger charge is -2.22. The highest BCUT2D eigenvalue weighted by Gasteiger charge is 2.63. The first-order valence-electron chi connectivity index (χ1n) is 4.48. The molecule has 0 heterocycles. The molecule has 0 spiro atoms. The predicted molar refractivity (Wildman–Crippen MR) is 44.3 cm³/mol. The third-order valence-corrected chi connectivity index (χ3v) is 2.38. The van der Waals surface area contributed by atoms with E-state index in [1.165, 1.54) is 0 Å². The molecule has 3 N–H and O–H groups in total. The summed E-state index contributed by atoms with van der Waals surface area (Å²) in [5.74, 6) is -1.24.